The first-order chi connectivity index (χ1) is 12.5. The molecule has 3 heteroatoms. The minimum Gasteiger partial charge on any atom is -0.435 e. The van der Waals surface area contributed by atoms with Crippen molar-refractivity contribution in [1.29, 1.82) is 0 Å². The van der Waals surface area contributed by atoms with Gasteiger partial charge in [-0.15, -0.1) is 0 Å². The minimum absolute atomic E-state index is 0.260. The predicted octanol–water partition coefficient (Wildman–Crippen LogP) is 5.78. The van der Waals surface area contributed by atoms with Gasteiger partial charge in [0.2, 0.25) is 4.93 Å². The molecule has 0 saturated heterocycles. The Bertz CT molecular complexity index is 974. The first kappa shape index (κ1) is 16.9. The highest BCUT2D eigenvalue weighted by atomic mass is 32.2. The van der Waals surface area contributed by atoms with Gasteiger partial charge in [0.15, 0.2) is 0 Å². The van der Waals surface area contributed by atoms with Crippen molar-refractivity contribution in [2.45, 2.75) is 30.6 Å². The van der Waals surface area contributed by atoms with E-state index in [1.165, 1.54) is 11.1 Å². The van der Waals surface area contributed by atoms with E-state index in [9.17, 15) is 4.79 Å². The van der Waals surface area contributed by atoms with Crippen LogP contribution in [0.5, 0.6) is 0 Å². The predicted molar refractivity (Wildman–Crippen MR) is 106 cm³/mol. The summed E-state index contributed by atoms with van der Waals surface area (Å²) < 4.78 is 6.06. The number of thioether (sulfide) groups is 1. The number of ether oxygens (including phenoxy) is 1. The van der Waals surface area contributed by atoms with E-state index in [2.05, 4.69) is 62.4 Å². The van der Waals surface area contributed by atoms with E-state index in [1.807, 2.05) is 25.1 Å². The highest BCUT2D eigenvalue weighted by Gasteiger charge is 2.48. The second-order valence-corrected chi connectivity index (χ2v) is 8.09. The molecule has 2 nitrogen and oxygen atoms in total. The third-order valence-electron chi connectivity index (χ3n) is 4.70. The van der Waals surface area contributed by atoms with Gasteiger partial charge in [0.1, 0.15) is 0 Å². The highest BCUT2D eigenvalue weighted by Crippen LogP contribution is 2.52. The lowest BCUT2D eigenvalue weighted by atomic mass is 9.96. The van der Waals surface area contributed by atoms with Crippen LogP contribution in [0.2, 0.25) is 0 Å². The molecule has 3 aromatic carbocycles. The van der Waals surface area contributed by atoms with Gasteiger partial charge in [-0.25, -0.2) is 4.79 Å². The molecular formula is C23H20O2S. The smallest absolute Gasteiger partial charge is 0.340 e. The summed E-state index contributed by atoms with van der Waals surface area (Å²) in [5, 5.41) is 0. The summed E-state index contributed by atoms with van der Waals surface area (Å²) in [6.45, 7) is 6.12. The lowest BCUT2D eigenvalue weighted by Crippen LogP contribution is -2.23. The molecule has 130 valence electrons. The number of fused-ring (bicyclic) bond motifs is 1. The number of aryl methyl sites for hydroxylation is 3. The maximum absolute atomic E-state index is 12.7. The molecule has 0 spiro atoms. The van der Waals surface area contributed by atoms with Gasteiger partial charge in [-0.2, -0.15) is 0 Å². The summed E-state index contributed by atoms with van der Waals surface area (Å²) in [5.41, 5.74) is 5.99. The van der Waals surface area contributed by atoms with Crippen molar-refractivity contribution in [2.24, 2.45) is 0 Å². The molecule has 0 radical (unpaired) electrons. The van der Waals surface area contributed by atoms with Crippen molar-refractivity contribution in [3.05, 3.63) is 100 Å². The van der Waals surface area contributed by atoms with Gasteiger partial charge >= 0.3 is 5.97 Å². The van der Waals surface area contributed by atoms with Gasteiger partial charge in [0.05, 0.1) is 5.56 Å². The van der Waals surface area contributed by atoms with Crippen LogP contribution in [0.1, 0.15) is 38.2 Å². The first-order valence-corrected chi connectivity index (χ1v) is 9.47. The van der Waals surface area contributed by atoms with Crippen LogP contribution in [-0.2, 0) is 9.67 Å². The summed E-state index contributed by atoms with van der Waals surface area (Å²) in [5.74, 6) is -0.260. The van der Waals surface area contributed by atoms with Crippen LogP contribution in [0.15, 0.2) is 71.6 Å². The van der Waals surface area contributed by atoms with E-state index in [-0.39, 0.29) is 5.97 Å². The van der Waals surface area contributed by atoms with Crippen LogP contribution in [0.25, 0.3) is 0 Å². The number of hydrogen-bond acceptors (Lipinski definition) is 3. The summed E-state index contributed by atoms with van der Waals surface area (Å²) in [7, 11) is 0. The largest absolute Gasteiger partial charge is 0.435 e. The first-order valence-electron chi connectivity index (χ1n) is 8.65. The van der Waals surface area contributed by atoms with E-state index in [0.717, 1.165) is 21.6 Å². The number of carbonyl (C=O) groups excluding carboxylic acids is 1. The molecule has 1 aliphatic heterocycles. The van der Waals surface area contributed by atoms with Gasteiger partial charge in [0.25, 0.3) is 0 Å². The number of cyclic esters (lactones) is 1. The summed E-state index contributed by atoms with van der Waals surface area (Å²) >= 11 is 1.58. The molecule has 4 rings (SSSR count). The van der Waals surface area contributed by atoms with Crippen molar-refractivity contribution in [2.75, 3.05) is 0 Å². The van der Waals surface area contributed by atoms with Gasteiger partial charge < -0.3 is 4.74 Å². The molecular weight excluding hydrogens is 340 g/mol. The summed E-state index contributed by atoms with van der Waals surface area (Å²) in [6, 6.07) is 22.5. The Morgan fingerprint density at radius 2 is 1.35 bits per heavy atom. The fourth-order valence-electron chi connectivity index (χ4n) is 3.25. The number of hydrogen-bond donors (Lipinski definition) is 0. The average molecular weight is 360 g/mol. The second-order valence-electron chi connectivity index (χ2n) is 6.84. The van der Waals surface area contributed by atoms with E-state index in [0.29, 0.717) is 5.56 Å². The van der Waals surface area contributed by atoms with E-state index >= 15 is 0 Å². The summed E-state index contributed by atoms with van der Waals surface area (Å²) in [6.07, 6.45) is 0. The van der Waals surface area contributed by atoms with Crippen molar-refractivity contribution in [3.8, 4) is 0 Å². The van der Waals surface area contributed by atoms with Crippen LogP contribution < -0.4 is 0 Å². The Morgan fingerprint density at radius 3 is 2.00 bits per heavy atom. The lowest BCUT2D eigenvalue weighted by Gasteiger charge is -2.29. The third kappa shape index (κ3) is 2.82. The van der Waals surface area contributed by atoms with Crippen LogP contribution in [0.3, 0.4) is 0 Å². The molecule has 26 heavy (non-hydrogen) atoms. The van der Waals surface area contributed by atoms with E-state index in [1.54, 1.807) is 11.8 Å². The van der Waals surface area contributed by atoms with Gasteiger partial charge in [-0.3, -0.25) is 0 Å². The molecule has 0 fully saturated rings. The third-order valence-corrected chi connectivity index (χ3v) is 6.03. The van der Waals surface area contributed by atoms with Crippen molar-refractivity contribution in [3.63, 3.8) is 0 Å². The summed E-state index contributed by atoms with van der Waals surface area (Å²) in [4.78, 5) is 12.9. The Morgan fingerprint density at radius 1 is 0.769 bits per heavy atom. The molecule has 1 heterocycles. The molecule has 1 aliphatic rings. The Kier molecular flexibility index (Phi) is 4.12. The molecule has 0 amide bonds. The maximum Gasteiger partial charge on any atom is 0.340 e. The fourth-order valence-corrected chi connectivity index (χ4v) is 4.51. The quantitative estimate of drug-likeness (QED) is 0.554. The Hall–Kier alpha value is -2.52. The topological polar surface area (TPSA) is 26.3 Å². The van der Waals surface area contributed by atoms with Crippen LogP contribution in [-0.4, -0.2) is 5.97 Å². The van der Waals surface area contributed by atoms with E-state index in [4.69, 9.17) is 4.74 Å². The Labute approximate surface area is 158 Å². The molecule has 0 aromatic heterocycles. The molecule has 3 aromatic rings. The molecule has 1 atom stereocenters. The monoisotopic (exact) mass is 360 g/mol. The number of esters is 1. The Balaban J connectivity index is 1.90. The van der Waals surface area contributed by atoms with Gasteiger partial charge in [0, 0.05) is 16.0 Å². The maximum atomic E-state index is 12.7. The molecule has 0 N–H and O–H groups in total. The normalized spacial score (nSPS) is 18.5. The lowest BCUT2D eigenvalue weighted by molar-refractivity contribution is 0.0384. The molecule has 0 saturated carbocycles. The standard InChI is InChI=1S/C23H20O2S/c1-15-4-9-18(10-5-15)23(26-19-11-6-16(2)7-12-19)21-13-8-17(3)14-20(21)22(24)25-23/h4-14H,1-3H3/t23-/m0/s1. The zero-order valence-electron chi connectivity index (χ0n) is 15.1. The minimum atomic E-state index is -0.858. The second kappa shape index (κ2) is 6.33. The van der Waals surface area contributed by atoms with E-state index < -0.39 is 4.93 Å². The molecule has 0 aliphatic carbocycles. The van der Waals surface area contributed by atoms with Gasteiger partial charge in [-0.05, 0) is 39.0 Å². The average Bonchev–Trinajstić information content (AvgIpc) is 2.90. The number of benzene rings is 3. The number of rotatable bonds is 3. The van der Waals surface area contributed by atoms with Crippen molar-refractivity contribution >= 4 is 17.7 Å². The fraction of sp³-hybridized carbons (Fsp3) is 0.174. The zero-order valence-corrected chi connectivity index (χ0v) is 15.9. The SMILES string of the molecule is Cc1ccc(S[C@]2(c3ccc(C)cc3)OC(=O)c3cc(C)ccc32)cc1. The van der Waals surface area contributed by atoms with Crippen LogP contribution in [0.4, 0.5) is 0 Å². The van der Waals surface area contributed by atoms with Crippen LogP contribution in [0, 0.1) is 20.8 Å². The zero-order chi connectivity index (χ0) is 18.3. The molecule has 0 unspecified atom stereocenters. The van der Waals surface area contributed by atoms with Crippen LogP contribution >= 0.6 is 11.8 Å². The van der Waals surface area contributed by atoms with Crippen molar-refractivity contribution < 1.29 is 9.53 Å². The van der Waals surface area contributed by atoms with Gasteiger partial charge in [-0.1, -0.05) is 77.0 Å². The highest BCUT2D eigenvalue weighted by molar-refractivity contribution is 8.00. The molecule has 0 bridgehead atoms. The number of carbonyl (C=O) groups is 1. The van der Waals surface area contributed by atoms with Crippen molar-refractivity contribution in [1.82, 2.24) is 0 Å².